The molecule has 0 bridgehead atoms. The standard InChI is InChI=1S/C17H9Cl2F3N2O2/c18-11-6-2-1-5-10(11)14-15(26-9-25)16(17(20,21)22)24(23-14)13-8-4-3-7-12(13)19/h1-9H. The van der Waals surface area contributed by atoms with Crippen LogP contribution >= 0.6 is 23.2 Å². The summed E-state index contributed by atoms with van der Waals surface area (Å²) in [4.78, 5) is 10.8. The van der Waals surface area contributed by atoms with Gasteiger partial charge in [0.2, 0.25) is 0 Å². The Bertz CT molecular complexity index is 971. The summed E-state index contributed by atoms with van der Waals surface area (Å²) in [7, 11) is 0. The third-order valence-electron chi connectivity index (χ3n) is 3.49. The molecule has 0 aliphatic rings. The van der Waals surface area contributed by atoms with Crippen LogP contribution in [0.15, 0.2) is 48.5 Å². The van der Waals surface area contributed by atoms with Crippen LogP contribution in [0.3, 0.4) is 0 Å². The zero-order chi connectivity index (χ0) is 18.9. The summed E-state index contributed by atoms with van der Waals surface area (Å²) >= 11 is 12.1. The van der Waals surface area contributed by atoms with Crippen LogP contribution in [0, 0.1) is 0 Å². The van der Waals surface area contributed by atoms with E-state index in [4.69, 9.17) is 23.2 Å². The maximum Gasteiger partial charge on any atom is 0.437 e. The van der Waals surface area contributed by atoms with Crippen molar-refractivity contribution in [3.63, 3.8) is 0 Å². The molecule has 0 saturated carbocycles. The number of hydrogen-bond donors (Lipinski definition) is 0. The highest BCUT2D eigenvalue weighted by molar-refractivity contribution is 6.33. The number of rotatable bonds is 4. The molecule has 0 amide bonds. The van der Waals surface area contributed by atoms with Gasteiger partial charge in [-0.15, -0.1) is 0 Å². The summed E-state index contributed by atoms with van der Waals surface area (Å²) in [5.74, 6) is -0.750. The molecule has 0 saturated heterocycles. The van der Waals surface area contributed by atoms with E-state index in [1.807, 2.05) is 0 Å². The van der Waals surface area contributed by atoms with Crippen molar-refractivity contribution in [3.8, 4) is 22.7 Å². The van der Waals surface area contributed by atoms with E-state index in [0.29, 0.717) is 4.68 Å². The second-order valence-corrected chi connectivity index (χ2v) is 5.90. The van der Waals surface area contributed by atoms with Crippen molar-refractivity contribution in [1.29, 1.82) is 0 Å². The molecule has 0 N–H and O–H groups in total. The maximum atomic E-state index is 13.7. The van der Waals surface area contributed by atoms with Crippen LogP contribution in [0.25, 0.3) is 16.9 Å². The first-order chi connectivity index (χ1) is 12.3. The Morgan fingerprint density at radius 2 is 1.62 bits per heavy atom. The minimum absolute atomic E-state index is 0.0180. The number of halogens is 5. The molecule has 0 radical (unpaired) electrons. The number of aromatic nitrogens is 2. The van der Waals surface area contributed by atoms with Gasteiger partial charge in [0.05, 0.1) is 15.7 Å². The summed E-state index contributed by atoms with van der Waals surface area (Å²) in [6.07, 6.45) is -4.87. The molecule has 0 aliphatic carbocycles. The van der Waals surface area contributed by atoms with E-state index in [1.54, 1.807) is 18.2 Å². The number of carbonyl (C=O) groups is 1. The number of benzene rings is 2. The second-order valence-electron chi connectivity index (χ2n) is 5.08. The SMILES string of the molecule is O=COc1c(-c2ccccc2Cl)nn(-c2ccccc2Cl)c1C(F)(F)F. The third-order valence-corrected chi connectivity index (χ3v) is 4.14. The number of nitrogens with zero attached hydrogens (tertiary/aromatic N) is 2. The van der Waals surface area contributed by atoms with Crippen molar-refractivity contribution in [1.82, 2.24) is 9.78 Å². The van der Waals surface area contributed by atoms with E-state index >= 15 is 0 Å². The molecular weight excluding hydrogens is 392 g/mol. The fourth-order valence-electron chi connectivity index (χ4n) is 2.44. The van der Waals surface area contributed by atoms with Crippen LogP contribution < -0.4 is 4.74 Å². The normalized spacial score (nSPS) is 11.4. The predicted molar refractivity (Wildman–Crippen MR) is 90.7 cm³/mol. The Hall–Kier alpha value is -2.51. The molecular formula is C17H9Cl2F3N2O2. The van der Waals surface area contributed by atoms with Gasteiger partial charge in [0.25, 0.3) is 6.47 Å². The number of hydrogen-bond acceptors (Lipinski definition) is 3. The molecule has 0 fully saturated rings. The predicted octanol–water partition coefficient (Wildman–Crippen LogP) is 5.40. The van der Waals surface area contributed by atoms with Crippen LogP contribution in [0.2, 0.25) is 10.0 Å². The maximum absolute atomic E-state index is 13.7. The molecule has 0 unspecified atom stereocenters. The first-order valence-corrected chi connectivity index (χ1v) is 7.90. The molecule has 9 heteroatoms. The zero-order valence-electron chi connectivity index (χ0n) is 12.8. The van der Waals surface area contributed by atoms with Gasteiger partial charge in [0.1, 0.15) is 5.69 Å². The molecule has 0 aliphatic heterocycles. The van der Waals surface area contributed by atoms with E-state index < -0.39 is 17.6 Å². The Morgan fingerprint density at radius 3 is 2.19 bits per heavy atom. The second kappa shape index (κ2) is 7.01. The van der Waals surface area contributed by atoms with Gasteiger partial charge >= 0.3 is 6.18 Å². The minimum atomic E-state index is -4.87. The fourth-order valence-corrected chi connectivity index (χ4v) is 2.88. The molecule has 1 heterocycles. The Labute approximate surface area is 155 Å². The van der Waals surface area contributed by atoms with Crippen molar-refractivity contribution in [2.75, 3.05) is 0 Å². The summed E-state index contributed by atoms with van der Waals surface area (Å²) in [5.41, 5.74) is -1.33. The average Bonchev–Trinajstić information content (AvgIpc) is 2.95. The molecule has 2 aromatic carbocycles. The lowest BCUT2D eigenvalue weighted by atomic mass is 10.1. The molecule has 0 atom stereocenters. The molecule has 26 heavy (non-hydrogen) atoms. The summed E-state index contributed by atoms with van der Waals surface area (Å²) < 4.78 is 46.5. The van der Waals surface area contributed by atoms with Crippen LogP contribution in [0.5, 0.6) is 5.75 Å². The van der Waals surface area contributed by atoms with Gasteiger partial charge in [-0.2, -0.15) is 18.3 Å². The number of para-hydroxylation sites is 1. The molecule has 0 spiro atoms. The first-order valence-electron chi connectivity index (χ1n) is 7.15. The summed E-state index contributed by atoms with van der Waals surface area (Å²) in [6, 6.07) is 12.0. The van der Waals surface area contributed by atoms with E-state index in [2.05, 4.69) is 9.84 Å². The van der Waals surface area contributed by atoms with E-state index in [9.17, 15) is 18.0 Å². The fraction of sp³-hybridized carbons (Fsp3) is 0.0588. The number of ether oxygens (including phenoxy) is 1. The van der Waals surface area contributed by atoms with Gasteiger partial charge in [-0.1, -0.05) is 53.5 Å². The minimum Gasteiger partial charge on any atom is -0.424 e. The van der Waals surface area contributed by atoms with E-state index in [0.717, 1.165) is 0 Å². The molecule has 3 rings (SSSR count). The van der Waals surface area contributed by atoms with Crippen molar-refractivity contribution in [2.45, 2.75) is 6.18 Å². The van der Waals surface area contributed by atoms with Gasteiger partial charge in [-0.25, -0.2) is 4.68 Å². The van der Waals surface area contributed by atoms with Crippen LogP contribution in [0.4, 0.5) is 13.2 Å². The Kier molecular flexibility index (Phi) is 4.93. The van der Waals surface area contributed by atoms with Gasteiger partial charge < -0.3 is 4.74 Å². The van der Waals surface area contributed by atoms with Crippen molar-refractivity contribution >= 4 is 29.7 Å². The van der Waals surface area contributed by atoms with Crippen molar-refractivity contribution < 1.29 is 22.7 Å². The molecule has 4 nitrogen and oxygen atoms in total. The van der Waals surface area contributed by atoms with E-state index in [1.165, 1.54) is 30.3 Å². The van der Waals surface area contributed by atoms with Crippen LogP contribution in [-0.2, 0) is 11.0 Å². The highest BCUT2D eigenvalue weighted by Gasteiger charge is 2.42. The number of carbonyl (C=O) groups excluding carboxylic acids is 1. The van der Waals surface area contributed by atoms with Gasteiger partial charge in [0, 0.05) is 5.56 Å². The summed E-state index contributed by atoms with van der Waals surface area (Å²) in [6.45, 7) is -0.0937. The third kappa shape index (κ3) is 3.27. The van der Waals surface area contributed by atoms with Gasteiger partial charge in [0.15, 0.2) is 11.4 Å². The lowest BCUT2D eigenvalue weighted by Gasteiger charge is -2.12. The monoisotopic (exact) mass is 400 g/mol. The van der Waals surface area contributed by atoms with Crippen LogP contribution in [-0.4, -0.2) is 16.3 Å². The lowest BCUT2D eigenvalue weighted by molar-refractivity contribution is -0.144. The van der Waals surface area contributed by atoms with Crippen molar-refractivity contribution in [2.24, 2.45) is 0 Å². The average molecular weight is 401 g/mol. The highest BCUT2D eigenvalue weighted by Crippen LogP contribution is 2.45. The van der Waals surface area contributed by atoms with E-state index in [-0.39, 0.29) is 33.5 Å². The Balaban J connectivity index is 2.39. The van der Waals surface area contributed by atoms with Crippen molar-refractivity contribution in [3.05, 3.63) is 64.3 Å². The quantitative estimate of drug-likeness (QED) is 0.550. The van der Waals surface area contributed by atoms with Gasteiger partial charge in [-0.05, 0) is 18.2 Å². The molecule has 1 aromatic heterocycles. The largest absolute Gasteiger partial charge is 0.437 e. The smallest absolute Gasteiger partial charge is 0.424 e. The highest BCUT2D eigenvalue weighted by atomic mass is 35.5. The molecule has 134 valence electrons. The van der Waals surface area contributed by atoms with Crippen LogP contribution in [0.1, 0.15) is 5.69 Å². The number of alkyl halides is 3. The van der Waals surface area contributed by atoms with Gasteiger partial charge in [-0.3, -0.25) is 4.79 Å². The topological polar surface area (TPSA) is 44.1 Å². The summed E-state index contributed by atoms with van der Waals surface area (Å²) in [5, 5.41) is 4.20. The first kappa shape index (κ1) is 18.3. The Morgan fingerprint density at radius 1 is 1.00 bits per heavy atom. The lowest BCUT2D eigenvalue weighted by Crippen LogP contribution is -2.15. The zero-order valence-corrected chi connectivity index (χ0v) is 14.3. The molecule has 3 aromatic rings.